The standard InChI is InChI=1S/C22H34N2O6/c1-5-22(2)16-24(11-14-29-22)17(15-23-9-12-28-13-10-23)21(25)30-20-18(26-3)7-6-8-19(20)27-4/h6-8,17H,5,9-16H2,1-4H3. The average molecular weight is 423 g/mol. The van der Waals surface area contributed by atoms with Gasteiger partial charge in [0.05, 0.1) is 39.6 Å². The van der Waals surface area contributed by atoms with E-state index in [2.05, 4.69) is 23.6 Å². The van der Waals surface area contributed by atoms with Gasteiger partial charge >= 0.3 is 5.97 Å². The molecule has 0 aromatic heterocycles. The Morgan fingerprint density at radius 2 is 1.80 bits per heavy atom. The van der Waals surface area contributed by atoms with Crippen LogP contribution < -0.4 is 14.2 Å². The van der Waals surface area contributed by atoms with E-state index < -0.39 is 6.04 Å². The fraction of sp³-hybridized carbons (Fsp3) is 0.682. The lowest BCUT2D eigenvalue weighted by atomic mass is 9.99. The topological polar surface area (TPSA) is 69.7 Å². The number of benzene rings is 1. The van der Waals surface area contributed by atoms with Crippen LogP contribution in [0.15, 0.2) is 18.2 Å². The highest BCUT2D eigenvalue weighted by molar-refractivity contribution is 5.80. The Morgan fingerprint density at radius 1 is 1.13 bits per heavy atom. The molecule has 1 aromatic carbocycles. The van der Waals surface area contributed by atoms with Gasteiger partial charge in [-0.2, -0.15) is 0 Å². The van der Waals surface area contributed by atoms with Gasteiger partial charge in [-0.3, -0.25) is 9.80 Å². The van der Waals surface area contributed by atoms with Crippen molar-refractivity contribution in [2.24, 2.45) is 0 Å². The third kappa shape index (κ3) is 5.43. The summed E-state index contributed by atoms with van der Waals surface area (Å²) < 4.78 is 28.1. The molecule has 0 bridgehead atoms. The quantitative estimate of drug-likeness (QED) is 0.464. The third-order valence-electron chi connectivity index (χ3n) is 5.95. The molecule has 2 saturated heterocycles. The summed E-state index contributed by atoms with van der Waals surface area (Å²) in [7, 11) is 3.10. The van der Waals surface area contributed by atoms with E-state index >= 15 is 0 Å². The number of ether oxygens (including phenoxy) is 5. The van der Waals surface area contributed by atoms with Crippen molar-refractivity contribution in [3.63, 3.8) is 0 Å². The van der Waals surface area contributed by atoms with Gasteiger partial charge in [0.25, 0.3) is 0 Å². The summed E-state index contributed by atoms with van der Waals surface area (Å²) in [6.45, 7) is 9.70. The Labute approximate surface area is 179 Å². The molecule has 0 saturated carbocycles. The molecule has 2 fully saturated rings. The number of carbonyl (C=O) groups is 1. The van der Waals surface area contributed by atoms with Crippen molar-refractivity contribution >= 4 is 5.97 Å². The highest BCUT2D eigenvalue weighted by Crippen LogP contribution is 2.37. The van der Waals surface area contributed by atoms with Crippen molar-refractivity contribution in [1.82, 2.24) is 9.80 Å². The van der Waals surface area contributed by atoms with E-state index in [1.165, 1.54) is 0 Å². The number of rotatable bonds is 8. The smallest absolute Gasteiger partial charge is 0.330 e. The molecule has 0 N–H and O–H groups in total. The second kappa shape index (κ2) is 10.4. The van der Waals surface area contributed by atoms with Crippen molar-refractivity contribution in [3.05, 3.63) is 18.2 Å². The Morgan fingerprint density at radius 3 is 2.40 bits per heavy atom. The predicted molar refractivity (Wildman–Crippen MR) is 112 cm³/mol. The van der Waals surface area contributed by atoms with Crippen LogP contribution in [0, 0.1) is 0 Å². The Kier molecular flexibility index (Phi) is 7.93. The lowest BCUT2D eigenvalue weighted by Gasteiger charge is -2.44. The minimum atomic E-state index is -0.424. The Hall–Kier alpha value is -1.87. The van der Waals surface area contributed by atoms with E-state index in [1.54, 1.807) is 32.4 Å². The highest BCUT2D eigenvalue weighted by Gasteiger charge is 2.38. The molecule has 8 heteroatoms. The van der Waals surface area contributed by atoms with Crippen LogP contribution in [0.3, 0.4) is 0 Å². The number of esters is 1. The van der Waals surface area contributed by atoms with Gasteiger partial charge in [0, 0.05) is 32.7 Å². The number of morpholine rings is 2. The van der Waals surface area contributed by atoms with E-state index in [4.69, 9.17) is 23.7 Å². The van der Waals surface area contributed by atoms with Gasteiger partial charge in [-0.15, -0.1) is 0 Å². The van der Waals surface area contributed by atoms with Crippen LogP contribution in [0.5, 0.6) is 17.2 Å². The first-order chi connectivity index (χ1) is 14.5. The third-order valence-corrected chi connectivity index (χ3v) is 5.95. The zero-order chi connectivity index (χ0) is 21.6. The number of para-hydroxylation sites is 1. The van der Waals surface area contributed by atoms with Gasteiger partial charge in [-0.05, 0) is 25.5 Å². The predicted octanol–water partition coefficient (Wildman–Crippen LogP) is 1.81. The number of hydrogen-bond donors (Lipinski definition) is 0. The molecule has 30 heavy (non-hydrogen) atoms. The van der Waals surface area contributed by atoms with Crippen molar-refractivity contribution in [1.29, 1.82) is 0 Å². The number of nitrogens with zero attached hydrogens (tertiary/aromatic N) is 2. The van der Waals surface area contributed by atoms with Gasteiger partial charge in [-0.1, -0.05) is 13.0 Å². The molecule has 0 radical (unpaired) electrons. The van der Waals surface area contributed by atoms with Crippen molar-refractivity contribution in [3.8, 4) is 17.2 Å². The number of methoxy groups -OCH3 is 2. The van der Waals surface area contributed by atoms with Crippen LogP contribution in [-0.4, -0.2) is 94.2 Å². The van der Waals surface area contributed by atoms with Gasteiger partial charge in [0.15, 0.2) is 11.5 Å². The monoisotopic (exact) mass is 422 g/mol. The Balaban J connectivity index is 1.83. The normalized spacial score (nSPS) is 24.3. The average Bonchev–Trinajstić information content (AvgIpc) is 2.78. The second-order valence-corrected chi connectivity index (χ2v) is 7.96. The summed E-state index contributed by atoms with van der Waals surface area (Å²) in [4.78, 5) is 17.9. The van der Waals surface area contributed by atoms with Crippen molar-refractivity contribution in [2.45, 2.75) is 31.9 Å². The lowest BCUT2D eigenvalue weighted by molar-refractivity contribution is -0.152. The van der Waals surface area contributed by atoms with E-state index in [0.717, 1.165) is 19.5 Å². The highest BCUT2D eigenvalue weighted by atomic mass is 16.6. The summed E-state index contributed by atoms with van der Waals surface area (Å²) in [6.07, 6.45) is 0.878. The van der Waals surface area contributed by atoms with Crippen LogP contribution in [0.1, 0.15) is 20.3 Å². The fourth-order valence-corrected chi connectivity index (χ4v) is 3.90. The maximum atomic E-state index is 13.4. The maximum Gasteiger partial charge on any atom is 0.330 e. The van der Waals surface area contributed by atoms with Crippen LogP contribution in [0.2, 0.25) is 0 Å². The molecule has 168 valence electrons. The molecule has 1 aromatic rings. The van der Waals surface area contributed by atoms with E-state index in [1.807, 2.05) is 0 Å². The van der Waals surface area contributed by atoms with Gasteiger partial charge in [0.2, 0.25) is 5.75 Å². The van der Waals surface area contributed by atoms with Crippen LogP contribution in [0.4, 0.5) is 0 Å². The lowest BCUT2D eigenvalue weighted by Crippen LogP contribution is -2.59. The van der Waals surface area contributed by atoms with Gasteiger partial charge in [-0.25, -0.2) is 4.79 Å². The summed E-state index contributed by atoms with van der Waals surface area (Å²) in [5.41, 5.74) is -0.274. The molecule has 3 rings (SSSR count). The summed E-state index contributed by atoms with van der Waals surface area (Å²) >= 11 is 0. The molecule has 0 amide bonds. The molecule has 8 nitrogen and oxygen atoms in total. The molecule has 2 aliphatic heterocycles. The maximum absolute atomic E-state index is 13.4. The molecule has 2 atom stereocenters. The zero-order valence-corrected chi connectivity index (χ0v) is 18.5. The van der Waals surface area contributed by atoms with Gasteiger partial charge < -0.3 is 23.7 Å². The number of hydrogen-bond acceptors (Lipinski definition) is 8. The SMILES string of the molecule is CCC1(C)CN(C(CN2CCOCC2)C(=O)Oc2c(OC)cccc2OC)CCO1. The first kappa shape index (κ1) is 22.8. The minimum Gasteiger partial charge on any atom is -0.493 e. The molecular weight excluding hydrogens is 388 g/mol. The molecule has 2 unspecified atom stereocenters. The van der Waals surface area contributed by atoms with E-state index in [0.29, 0.717) is 56.7 Å². The van der Waals surface area contributed by atoms with Crippen LogP contribution >= 0.6 is 0 Å². The van der Waals surface area contributed by atoms with Crippen molar-refractivity contribution < 1.29 is 28.5 Å². The number of carbonyl (C=O) groups excluding carboxylic acids is 1. The molecular formula is C22H34N2O6. The fourth-order valence-electron chi connectivity index (χ4n) is 3.90. The minimum absolute atomic E-state index is 0.274. The molecule has 2 aliphatic rings. The first-order valence-electron chi connectivity index (χ1n) is 10.6. The van der Waals surface area contributed by atoms with E-state index in [9.17, 15) is 4.79 Å². The summed E-state index contributed by atoms with van der Waals surface area (Å²) in [5.74, 6) is 0.928. The van der Waals surface area contributed by atoms with Crippen LogP contribution in [-0.2, 0) is 14.3 Å². The van der Waals surface area contributed by atoms with Crippen LogP contribution in [0.25, 0.3) is 0 Å². The molecule has 0 spiro atoms. The first-order valence-corrected chi connectivity index (χ1v) is 10.6. The Bertz CT molecular complexity index is 687. The summed E-state index contributed by atoms with van der Waals surface area (Å²) in [5, 5.41) is 0. The second-order valence-electron chi connectivity index (χ2n) is 7.96. The largest absolute Gasteiger partial charge is 0.493 e. The molecule has 2 heterocycles. The molecule has 0 aliphatic carbocycles. The van der Waals surface area contributed by atoms with E-state index in [-0.39, 0.29) is 11.6 Å². The summed E-state index contributed by atoms with van der Waals surface area (Å²) in [6, 6.07) is 4.89. The zero-order valence-electron chi connectivity index (χ0n) is 18.5. The van der Waals surface area contributed by atoms with Crippen molar-refractivity contribution in [2.75, 3.05) is 66.8 Å². The van der Waals surface area contributed by atoms with Gasteiger partial charge in [0.1, 0.15) is 6.04 Å².